The Balaban J connectivity index is 3.11. The standard InChI is InChI=1S/C14H19ClN2O4S/c1-4-5-6-16-12(19)11-8(2)10(14(20)21-3)13(22-11)17-9(18)7-15/h4-7H2,1-3H3,(H,16,19)(H,17,18). The molecule has 0 aliphatic heterocycles. The molecule has 0 radical (unpaired) electrons. The molecular formula is C14H19ClN2O4S. The summed E-state index contributed by atoms with van der Waals surface area (Å²) < 4.78 is 4.72. The van der Waals surface area contributed by atoms with Gasteiger partial charge in [-0.25, -0.2) is 4.79 Å². The van der Waals surface area contributed by atoms with Crippen LogP contribution in [-0.2, 0) is 9.53 Å². The number of hydrogen-bond donors (Lipinski definition) is 2. The third-order valence-electron chi connectivity index (χ3n) is 2.93. The van der Waals surface area contributed by atoms with Gasteiger partial charge in [0.1, 0.15) is 10.9 Å². The van der Waals surface area contributed by atoms with Gasteiger partial charge in [-0.1, -0.05) is 13.3 Å². The number of halogens is 1. The highest BCUT2D eigenvalue weighted by Gasteiger charge is 2.25. The zero-order chi connectivity index (χ0) is 16.7. The smallest absolute Gasteiger partial charge is 0.341 e. The van der Waals surface area contributed by atoms with E-state index in [0.29, 0.717) is 17.0 Å². The number of ether oxygens (including phenoxy) is 1. The van der Waals surface area contributed by atoms with Gasteiger partial charge in [0.2, 0.25) is 5.91 Å². The van der Waals surface area contributed by atoms with Crippen molar-refractivity contribution in [3.63, 3.8) is 0 Å². The molecule has 1 rings (SSSR count). The molecule has 0 unspecified atom stereocenters. The number of alkyl halides is 1. The van der Waals surface area contributed by atoms with Crippen LogP contribution in [-0.4, -0.2) is 37.3 Å². The van der Waals surface area contributed by atoms with E-state index in [2.05, 4.69) is 10.6 Å². The van der Waals surface area contributed by atoms with Gasteiger partial charge in [-0.05, 0) is 18.9 Å². The molecule has 0 aliphatic rings. The van der Waals surface area contributed by atoms with Gasteiger partial charge in [-0.15, -0.1) is 22.9 Å². The van der Waals surface area contributed by atoms with Gasteiger partial charge in [-0.2, -0.15) is 0 Å². The molecule has 0 fully saturated rings. The molecule has 22 heavy (non-hydrogen) atoms. The number of carbonyl (C=O) groups excluding carboxylic acids is 3. The number of carbonyl (C=O) groups is 3. The van der Waals surface area contributed by atoms with Crippen LogP contribution in [0, 0.1) is 6.92 Å². The molecule has 6 nitrogen and oxygen atoms in total. The van der Waals surface area contributed by atoms with E-state index in [4.69, 9.17) is 16.3 Å². The molecule has 0 saturated heterocycles. The molecule has 0 saturated carbocycles. The van der Waals surface area contributed by atoms with Gasteiger partial charge < -0.3 is 15.4 Å². The molecule has 0 aliphatic carbocycles. The average molecular weight is 347 g/mol. The quantitative estimate of drug-likeness (QED) is 0.451. The maximum Gasteiger partial charge on any atom is 0.341 e. The minimum Gasteiger partial charge on any atom is -0.465 e. The van der Waals surface area contributed by atoms with E-state index >= 15 is 0 Å². The van der Waals surface area contributed by atoms with Crippen molar-refractivity contribution in [2.45, 2.75) is 26.7 Å². The van der Waals surface area contributed by atoms with Gasteiger partial charge in [-0.3, -0.25) is 9.59 Å². The summed E-state index contributed by atoms with van der Waals surface area (Å²) >= 11 is 6.49. The van der Waals surface area contributed by atoms with Crippen molar-refractivity contribution in [1.29, 1.82) is 0 Å². The Bertz CT molecular complexity index is 571. The number of hydrogen-bond acceptors (Lipinski definition) is 5. The predicted octanol–water partition coefficient (Wildman–Crippen LogP) is 2.55. The fourth-order valence-electron chi connectivity index (χ4n) is 1.78. The molecule has 0 atom stereocenters. The topological polar surface area (TPSA) is 84.5 Å². The van der Waals surface area contributed by atoms with Crippen LogP contribution in [0.15, 0.2) is 0 Å². The molecular weight excluding hydrogens is 328 g/mol. The van der Waals surface area contributed by atoms with E-state index in [1.807, 2.05) is 6.92 Å². The summed E-state index contributed by atoms with van der Waals surface area (Å²) in [5.74, 6) is -1.57. The second kappa shape index (κ2) is 8.75. The van der Waals surface area contributed by atoms with E-state index in [0.717, 1.165) is 24.2 Å². The number of rotatable bonds is 7. The number of unbranched alkanes of at least 4 members (excludes halogenated alkanes) is 1. The zero-order valence-corrected chi connectivity index (χ0v) is 14.3. The third-order valence-corrected chi connectivity index (χ3v) is 4.38. The second-order valence-corrected chi connectivity index (χ2v) is 5.83. The normalized spacial score (nSPS) is 10.2. The predicted molar refractivity (Wildman–Crippen MR) is 87.0 cm³/mol. The molecule has 0 bridgehead atoms. The number of esters is 1. The Labute approximate surface area is 138 Å². The summed E-state index contributed by atoms with van der Waals surface area (Å²) in [6.07, 6.45) is 1.84. The summed E-state index contributed by atoms with van der Waals surface area (Å²) in [5.41, 5.74) is 0.669. The Hall–Kier alpha value is -1.60. The first-order chi connectivity index (χ1) is 10.5. The molecule has 2 N–H and O–H groups in total. The lowest BCUT2D eigenvalue weighted by atomic mass is 10.1. The molecule has 1 aromatic heterocycles. The molecule has 0 aromatic carbocycles. The van der Waals surface area contributed by atoms with Crippen LogP contribution in [0.25, 0.3) is 0 Å². The third kappa shape index (κ3) is 4.45. The lowest BCUT2D eigenvalue weighted by Crippen LogP contribution is -2.24. The van der Waals surface area contributed by atoms with Crippen LogP contribution in [0.4, 0.5) is 5.00 Å². The average Bonchev–Trinajstić information content (AvgIpc) is 2.83. The maximum absolute atomic E-state index is 12.2. The Morgan fingerprint density at radius 1 is 1.32 bits per heavy atom. The van der Waals surface area contributed by atoms with E-state index in [1.165, 1.54) is 7.11 Å². The van der Waals surface area contributed by atoms with Crippen molar-refractivity contribution < 1.29 is 19.1 Å². The van der Waals surface area contributed by atoms with Crippen molar-refractivity contribution in [1.82, 2.24) is 5.32 Å². The second-order valence-electron chi connectivity index (χ2n) is 4.54. The summed E-state index contributed by atoms with van der Waals surface area (Å²) in [6.45, 7) is 4.23. The van der Waals surface area contributed by atoms with Gasteiger partial charge >= 0.3 is 5.97 Å². The van der Waals surface area contributed by atoms with Crippen LogP contribution in [0.5, 0.6) is 0 Å². The number of thiophene rings is 1. The number of methoxy groups -OCH3 is 1. The highest BCUT2D eigenvalue weighted by Crippen LogP contribution is 2.33. The lowest BCUT2D eigenvalue weighted by Gasteiger charge is -2.04. The van der Waals surface area contributed by atoms with Crippen molar-refractivity contribution in [3.8, 4) is 0 Å². The van der Waals surface area contributed by atoms with Crippen LogP contribution < -0.4 is 10.6 Å². The van der Waals surface area contributed by atoms with Gasteiger partial charge in [0.25, 0.3) is 5.91 Å². The van der Waals surface area contributed by atoms with Crippen molar-refractivity contribution in [3.05, 3.63) is 16.0 Å². The summed E-state index contributed by atoms with van der Waals surface area (Å²) in [4.78, 5) is 35.9. The Morgan fingerprint density at radius 2 is 2.00 bits per heavy atom. The van der Waals surface area contributed by atoms with Crippen molar-refractivity contribution >= 4 is 45.7 Å². The first-order valence-electron chi connectivity index (χ1n) is 6.81. The highest BCUT2D eigenvalue weighted by molar-refractivity contribution is 7.18. The SMILES string of the molecule is CCCCNC(=O)c1sc(NC(=O)CCl)c(C(=O)OC)c1C. The van der Waals surface area contributed by atoms with E-state index < -0.39 is 11.9 Å². The van der Waals surface area contributed by atoms with Crippen LogP contribution >= 0.6 is 22.9 Å². The molecule has 1 heterocycles. The summed E-state index contributed by atoms with van der Waals surface area (Å²) in [6, 6.07) is 0. The van der Waals surface area contributed by atoms with Crippen molar-refractivity contribution in [2.24, 2.45) is 0 Å². The first kappa shape index (κ1) is 18.4. The molecule has 0 spiro atoms. The van der Waals surface area contributed by atoms with E-state index in [-0.39, 0.29) is 22.4 Å². The first-order valence-corrected chi connectivity index (χ1v) is 8.17. The minimum atomic E-state index is -0.605. The molecule has 8 heteroatoms. The Morgan fingerprint density at radius 3 is 2.55 bits per heavy atom. The monoisotopic (exact) mass is 346 g/mol. The summed E-state index contributed by atoms with van der Waals surface area (Å²) in [5, 5.41) is 5.59. The van der Waals surface area contributed by atoms with Crippen LogP contribution in [0.2, 0.25) is 0 Å². The lowest BCUT2D eigenvalue weighted by molar-refractivity contribution is -0.113. The zero-order valence-electron chi connectivity index (χ0n) is 12.7. The minimum absolute atomic E-state index is 0.187. The maximum atomic E-state index is 12.2. The molecule has 1 aromatic rings. The van der Waals surface area contributed by atoms with E-state index in [9.17, 15) is 14.4 Å². The van der Waals surface area contributed by atoms with Crippen LogP contribution in [0.3, 0.4) is 0 Å². The largest absolute Gasteiger partial charge is 0.465 e. The number of amides is 2. The fourth-order valence-corrected chi connectivity index (χ4v) is 2.98. The van der Waals surface area contributed by atoms with E-state index in [1.54, 1.807) is 6.92 Å². The van der Waals surface area contributed by atoms with Crippen LogP contribution in [0.1, 0.15) is 45.4 Å². The highest BCUT2D eigenvalue weighted by atomic mass is 35.5. The molecule has 2 amide bonds. The van der Waals surface area contributed by atoms with Gasteiger partial charge in [0.15, 0.2) is 0 Å². The van der Waals surface area contributed by atoms with Gasteiger partial charge in [0.05, 0.1) is 17.6 Å². The summed E-state index contributed by atoms with van der Waals surface area (Å²) in [7, 11) is 1.24. The van der Waals surface area contributed by atoms with Gasteiger partial charge in [0, 0.05) is 6.54 Å². The fraction of sp³-hybridized carbons (Fsp3) is 0.500. The Kier molecular flexibility index (Phi) is 7.34. The molecule has 122 valence electrons. The van der Waals surface area contributed by atoms with Crippen molar-refractivity contribution in [2.75, 3.05) is 24.9 Å². The number of anilines is 1. The number of nitrogens with one attached hydrogen (secondary N) is 2.